The van der Waals surface area contributed by atoms with Crippen LogP contribution < -0.4 is 4.74 Å². The van der Waals surface area contributed by atoms with Crippen LogP contribution in [0.15, 0.2) is 72.8 Å². The number of nitrogens with zero attached hydrogens (tertiary/aromatic N) is 2. The Morgan fingerprint density at radius 1 is 0.833 bits per heavy atom. The fourth-order valence-corrected chi connectivity index (χ4v) is 3.79. The van der Waals surface area contributed by atoms with Gasteiger partial charge in [-0.3, -0.25) is 4.79 Å². The lowest BCUT2D eigenvalue weighted by molar-refractivity contribution is -0.143. The quantitative estimate of drug-likeness (QED) is 0.309. The average molecular weight is 485 g/mol. The monoisotopic (exact) mass is 484 g/mol. The minimum atomic E-state index is -0.456. The lowest BCUT2D eigenvalue weighted by atomic mass is 10.0. The Labute approximate surface area is 213 Å². The topological polar surface area (TPSA) is 79.6 Å². The zero-order valence-corrected chi connectivity index (χ0v) is 20.9. The molecule has 0 radical (unpaired) electrons. The van der Waals surface area contributed by atoms with Crippen molar-refractivity contribution in [2.75, 3.05) is 13.7 Å². The Balaban J connectivity index is 1.66. The molecule has 0 aliphatic rings. The molecule has 3 rings (SSSR count). The summed E-state index contributed by atoms with van der Waals surface area (Å²) in [6.07, 6.45) is 3.31. The Hall–Kier alpha value is -4.11. The normalized spacial score (nSPS) is 10.4. The van der Waals surface area contributed by atoms with Crippen molar-refractivity contribution in [1.29, 1.82) is 5.26 Å². The number of unbranched alkanes of at least 4 members (excludes halogenated alkanes) is 1. The number of hydrogen-bond acceptors (Lipinski definition) is 5. The standard InChI is InChI=1S/C30H32N2O4/c1-3-4-5-23-6-12-26(13-7-23)27-14-8-24(9-15-27)20-32(29(33)18-19-31)21-25-10-16-28(17-11-25)36-22-30(34)35-2/h6-17H,3-5,18,20-22H2,1-2H3. The molecular weight excluding hydrogens is 452 g/mol. The summed E-state index contributed by atoms with van der Waals surface area (Å²) in [7, 11) is 1.31. The Morgan fingerprint density at radius 2 is 1.36 bits per heavy atom. The minimum Gasteiger partial charge on any atom is -0.482 e. The highest BCUT2D eigenvalue weighted by Gasteiger charge is 2.15. The van der Waals surface area contributed by atoms with Crippen molar-refractivity contribution in [2.45, 2.75) is 45.7 Å². The predicted octanol–water partition coefficient (Wildman–Crippen LogP) is 5.69. The number of methoxy groups -OCH3 is 1. The third-order valence-electron chi connectivity index (χ3n) is 5.90. The van der Waals surface area contributed by atoms with E-state index in [2.05, 4.69) is 48.1 Å². The van der Waals surface area contributed by atoms with E-state index in [0.29, 0.717) is 18.8 Å². The first-order valence-corrected chi connectivity index (χ1v) is 12.1. The third-order valence-corrected chi connectivity index (χ3v) is 5.90. The summed E-state index contributed by atoms with van der Waals surface area (Å²) in [5, 5.41) is 9.06. The summed E-state index contributed by atoms with van der Waals surface area (Å²) in [5.41, 5.74) is 5.52. The van der Waals surface area contributed by atoms with E-state index in [1.54, 1.807) is 17.0 Å². The fourth-order valence-electron chi connectivity index (χ4n) is 3.79. The largest absolute Gasteiger partial charge is 0.482 e. The van der Waals surface area contributed by atoms with Crippen LogP contribution in [0.2, 0.25) is 0 Å². The van der Waals surface area contributed by atoms with E-state index >= 15 is 0 Å². The third kappa shape index (κ3) is 7.99. The maximum absolute atomic E-state index is 12.7. The van der Waals surface area contributed by atoms with Crippen LogP contribution >= 0.6 is 0 Å². The first-order chi connectivity index (χ1) is 17.5. The Bertz CT molecular complexity index is 1160. The van der Waals surface area contributed by atoms with Crippen LogP contribution in [-0.4, -0.2) is 30.5 Å². The van der Waals surface area contributed by atoms with Gasteiger partial charge in [-0.15, -0.1) is 0 Å². The molecule has 3 aromatic carbocycles. The summed E-state index contributed by atoms with van der Waals surface area (Å²) in [5.74, 6) is -0.148. The van der Waals surface area contributed by atoms with Crippen molar-refractivity contribution in [2.24, 2.45) is 0 Å². The molecule has 0 heterocycles. The number of nitriles is 1. The van der Waals surface area contributed by atoms with E-state index in [0.717, 1.165) is 28.7 Å². The number of rotatable bonds is 12. The van der Waals surface area contributed by atoms with E-state index in [1.807, 2.05) is 30.3 Å². The van der Waals surface area contributed by atoms with Gasteiger partial charge in [-0.1, -0.05) is 74.0 Å². The molecule has 0 unspecified atom stereocenters. The lowest BCUT2D eigenvalue weighted by Crippen LogP contribution is -2.29. The second kappa shape index (κ2) is 13.7. The first-order valence-electron chi connectivity index (χ1n) is 12.1. The molecule has 0 atom stereocenters. The van der Waals surface area contributed by atoms with Gasteiger partial charge < -0.3 is 14.4 Å². The smallest absolute Gasteiger partial charge is 0.343 e. The van der Waals surface area contributed by atoms with Gasteiger partial charge in [0.25, 0.3) is 0 Å². The Kier molecular flexibility index (Phi) is 10.1. The molecule has 3 aromatic rings. The highest BCUT2D eigenvalue weighted by Crippen LogP contribution is 2.22. The number of aryl methyl sites for hydroxylation is 1. The molecule has 6 nitrogen and oxygen atoms in total. The molecule has 36 heavy (non-hydrogen) atoms. The van der Waals surface area contributed by atoms with Crippen molar-refractivity contribution >= 4 is 11.9 Å². The predicted molar refractivity (Wildman–Crippen MR) is 139 cm³/mol. The zero-order chi connectivity index (χ0) is 25.8. The van der Waals surface area contributed by atoms with E-state index < -0.39 is 5.97 Å². The molecule has 0 aliphatic carbocycles. The SMILES string of the molecule is CCCCc1ccc(-c2ccc(CN(Cc3ccc(OCC(=O)OC)cc3)C(=O)CC#N)cc2)cc1. The maximum atomic E-state index is 12.7. The van der Waals surface area contributed by atoms with Gasteiger partial charge in [-0.05, 0) is 52.8 Å². The van der Waals surface area contributed by atoms with Gasteiger partial charge in [0.1, 0.15) is 12.2 Å². The van der Waals surface area contributed by atoms with Crippen LogP contribution in [0.3, 0.4) is 0 Å². The van der Waals surface area contributed by atoms with Crippen LogP contribution in [0.4, 0.5) is 0 Å². The van der Waals surface area contributed by atoms with Gasteiger partial charge in [0.2, 0.25) is 5.91 Å². The molecule has 186 valence electrons. The summed E-state index contributed by atoms with van der Waals surface area (Å²) in [6.45, 7) is 2.79. The molecule has 0 fully saturated rings. The highest BCUT2D eigenvalue weighted by atomic mass is 16.6. The van der Waals surface area contributed by atoms with Gasteiger partial charge in [-0.25, -0.2) is 4.79 Å². The zero-order valence-electron chi connectivity index (χ0n) is 20.9. The summed E-state index contributed by atoms with van der Waals surface area (Å²) < 4.78 is 9.94. The average Bonchev–Trinajstić information content (AvgIpc) is 2.91. The molecule has 0 aliphatic heterocycles. The molecule has 0 aromatic heterocycles. The number of ether oxygens (including phenoxy) is 2. The number of esters is 1. The first kappa shape index (κ1) is 26.5. The second-order valence-electron chi connectivity index (χ2n) is 8.59. The van der Waals surface area contributed by atoms with Gasteiger partial charge in [-0.2, -0.15) is 5.26 Å². The van der Waals surface area contributed by atoms with E-state index in [-0.39, 0.29) is 18.9 Å². The Morgan fingerprint density at radius 3 is 1.86 bits per heavy atom. The van der Waals surface area contributed by atoms with E-state index in [9.17, 15) is 9.59 Å². The molecule has 0 saturated carbocycles. The molecule has 0 bridgehead atoms. The number of amides is 1. The summed E-state index contributed by atoms with van der Waals surface area (Å²) in [6, 6.07) is 26.0. The lowest BCUT2D eigenvalue weighted by Gasteiger charge is -2.22. The van der Waals surface area contributed by atoms with Crippen molar-refractivity contribution < 1.29 is 19.1 Å². The van der Waals surface area contributed by atoms with Crippen molar-refractivity contribution in [3.63, 3.8) is 0 Å². The maximum Gasteiger partial charge on any atom is 0.343 e. The van der Waals surface area contributed by atoms with Crippen molar-refractivity contribution in [1.82, 2.24) is 4.90 Å². The fraction of sp³-hybridized carbons (Fsp3) is 0.300. The molecule has 6 heteroatoms. The summed E-state index contributed by atoms with van der Waals surface area (Å²) in [4.78, 5) is 25.6. The van der Waals surface area contributed by atoms with Crippen LogP contribution in [0.25, 0.3) is 11.1 Å². The van der Waals surface area contributed by atoms with Gasteiger partial charge in [0.15, 0.2) is 6.61 Å². The highest BCUT2D eigenvalue weighted by molar-refractivity contribution is 5.78. The molecule has 0 saturated heterocycles. The van der Waals surface area contributed by atoms with Crippen LogP contribution in [0, 0.1) is 11.3 Å². The molecule has 0 N–H and O–H groups in total. The van der Waals surface area contributed by atoms with Gasteiger partial charge in [0, 0.05) is 13.1 Å². The number of benzene rings is 3. The van der Waals surface area contributed by atoms with Gasteiger partial charge >= 0.3 is 5.97 Å². The number of carbonyl (C=O) groups excluding carboxylic acids is 2. The van der Waals surface area contributed by atoms with Crippen LogP contribution in [-0.2, 0) is 33.8 Å². The summed E-state index contributed by atoms with van der Waals surface area (Å²) >= 11 is 0. The van der Waals surface area contributed by atoms with Crippen molar-refractivity contribution in [3.8, 4) is 22.9 Å². The van der Waals surface area contributed by atoms with E-state index in [1.165, 1.54) is 25.5 Å². The minimum absolute atomic E-state index is 0.165. The number of carbonyl (C=O) groups is 2. The van der Waals surface area contributed by atoms with Crippen LogP contribution in [0.5, 0.6) is 5.75 Å². The second-order valence-corrected chi connectivity index (χ2v) is 8.59. The molecule has 0 spiro atoms. The van der Waals surface area contributed by atoms with Crippen LogP contribution in [0.1, 0.15) is 42.9 Å². The van der Waals surface area contributed by atoms with Gasteiger partial charge in [0.05, 0.1) is 13.2 Å². The number of hydrogen-bond donors (Lipinski definition) is 0. The molecular formula is C30H32N2O4. The van der Waals surface area contributed by atoms with E-state index in [4.69, 9.17) is 10.00 Å². The van der Waals surface area contributed by atoms with Crippen molar-refractivity contribution in [3.05, 3.63) is 89.5 Å². The molecule has 1 amide bonds.